The normalized spacial score (nSPS) is 11.4. The number of furan rings is 1. The summed E-state index contributed by atoms with van der Waals surface area (Å²) < 4.78 is 46.4. The number of thiazole rings is 1. The van der Waals surface area contributed by atoms with E-state index in [1.807, 2.05) is 0 Å². The molecule has 2 heterocycles. The highest BCUT2D eigenvalue weighted by Crippen LogP contribution is 2.37. The summed E-state index contributed by atoms with van der Waals surface area (Å²) in [5.74, 6) is -1.43. The number of anilines is 2. The molecule has 0 aliphatic heterocycles. The van der Waals surface area contributed by atoms with Crippen LogP contribution in [0.3, 0.4) is 0 Å². The Morgan fingerprint density at radius 2 is 1.83 bits per heavy atom. The van der Waals surface area contributed by atoms with Crippen molar-refractivity contribution in [3.8, 4) is 0 Å². The van der Waals surface area contributed by atoms with Crippen LogP contribution in [0.1, 0.15) is 26.5 Å². The third kappa shape index (κ3) is 4.03. The molecule has 10 heteroatoms. The summed E-state index contributed by atoms with van der Waals surface area (Å²) in [6.07, 6.45) is -3.48. The number of hydrogen-bond donors (Lipinski definition) is 2. The van der Waals surface area contributed by atoms with Gasteiger partial charge in [0.05, 0.1) is 33.2 Å². The first-order valence-electron chi connectivity index (χ1n) is 8.52. The van der Waals surface area contributed by atoms with Gasteiger partial charge >= 0.3 is 6.18 Å². The van der Waals surface area contributed by atoms with Crippen molar-refractivity contribution < 1.29 is 27.2 Å². The zero-order valence-electron chi connectivity index (χ0n) is 15.0. The topological polar surface area (TPSA) is 84.2 Å². The molecule has 2 aromatic carbocycles. The number of fused-ring (bicyclic) bond motifs is 1. The summed E-state index contributed by atoms with van der Waals surface area (Å²) in [6.45, 7) is 0. The Bertz CT molecular complexity index is 1230. The van der Waals surface area contributed by atoms with Crippen molar-refractivity contribution in [2.24, 2.45) is 0 Å². The number of alkyl halides is 3. The molecule has 6 nitrogen and oxygen atoms in total. The lowest BCUT2D eigenvalue weighted by Gasteiger charge is -2.15. The lowest BCUT2D eigenvalue weighted by molar-refractivity contribution is -0.136. The van der Waals surface area contributed by atoms with Gasteiger partial charge in [-0.25, -0.2) is 4.98 Å². The van der Waals surface area contributed by atoms with Gasteiger partial charge in [0.2, 0.25) is 0 Å². The summed E-state index contributed by atoms with van der Waals surface area (Å²) in [4.78, 5) is 28.6. The van der Waals surface area contributed by atoms with Crippen LogP contribution < -0.4 is 10.6 Å². The lowest BCUT2D eigenvalue weighted by atomic mass is 10.1. The van der Waals surface area contributed by atoms with Crippen LogP contribution in [0.15, 0.2) is 64.7 Å². The molecule has 0 radical (unpaired) electrons. The van der Waals surface area contributed by atoms with Crippen molar-refractivity contribution in [2.45, 2.75) is 6.18 Å². The fourth-order valence-corrected chi connectivity index (χ4v) is 3.47. The number of nitrogens with one attached hydrogen (secondary N) is 2. The summed E-state index contributed by atoms with van der Waals surface area (Å²) in [7, 11) is 0. The average molecular weight is 431 g/mol. The first kappa shape index (κ1) is 19.6. The van der Waals surface area contributed by atoms with Crippen LogP contribution in [0.2, 0.25) is 0 Å². The number of nitrogens with zero attached hydrogens (tertiary/aromatic N) is 1. The van der Waals surface area contributed by atoms with Gasteiger partial charge in [-0.05, 0) is 48.5 Å². The first-order valence-corrected chi connectivity index (χ1v) is 9.40. The first-order chi connectivity index (χ1) is 14.3. The zero-order valence-corrected chi connectivity index (χ0v) is 15.8. The third-order valence-corrected chi connectivity index (χ3v) is 4.96. The molecular formula is C20H12F3N3O3S. The minimum absolute atomic E-state index is 0.0422. The van der Waals surface area contributed by atoms with E-state index in [-0.39, 0.29) is 17.0 Å². The highest BCUT2D eigenvalue weighted by atomic mass is 32.1. The van der Waals surface area contributed by atoms with E-state index in [9.17, 15) is 22.8 Å². The Morgan fingerprint density at radius 3 is 2.57 bits per heavy atom. The number of carbonyl (C=O) groups is 2. The fraction of sp³-hybridized carbons (Fsp3) is 0.0500. The SMILES string of the molecule is O=C(Nc1ccc(NC(=O)c2ccco2)cc1C(F)(F)F)c1ccc2ncsc2c1. The van der Waals surface area contributed by atoms with Crippen molar-refractivity contribution in [2.75, 3.05) is 10.6 Å². The zero-order chi connectivity index (χ0) is 21.3. The van der Waals surface area contributed by atoms with E-state index in [1.54, 1.807) is 17.6 Å². The van der Waals surface area contributed by atoms with E-state index in [1.165, 1.54) is 41.9 Å². The van der Waals surface area contributed by atoms with Crippen molar-refractivity contribution in [1.29, 1.82) is 0 Å². The molecule has 0 aliphatic rings. The summed E-state index contributed by atoms with van der Waals surface area (Å²) in [6, 6.07) is 10.6. The highest BCUT2D eigenvalue weighted by Gasteiger charge is 2.34. The van der Waals surface area contributed by atoms with Crippen molar-refractivity contribution in [1.82, 2.24) is 4.98 Å². The van der Waals surface area contributed by atoms with Gasteiger partial charge in [-0.3, -0.25) is 9.59 Å². The number of benzene rings is 2. The predicted octanol–water partition coefficient (Wildman–Crippen LogP) is 5.41. The molecule has 2 N–H and O–H groups in total. The van der Waals surface area contributed by atoms with Gasteiger partial charge in [0.1, 0.15) is 0 Å². The molecule has 0 fully saturated rings. The van der Waals surface area contributed by atoms with Crippen molar-refractivity contribution >= 4 is 44.7 Å². The van der Waals surface area contributed by atoms with Crippen molar-refractivity contribution in [3.63, 3.8) is 0 Å². The largest absolute Gasteiger partial charge is 0.459 e. The maximum Gasteiger partial charge on any atom is 0.418 e. The number of aromatic nitrogens is 1. The lowest BCUT2D eigenvalue weighted by Crippen LogP contribution is -2.18. The standard InChI is InChI=1S/C20H12F3N3O3S/c21-20(22,23)13-9-12(25-19(28)16-2-1-7-29-16)4-6-14(13)26-18(27)11-3-5-15-17(8-11)30-10-24-15/h1-10H,(H,25,28)(H,26,27). The van der Waals surface area contributed by atoms with Crippen LogP contribution in [0.4, 0.5) is 24.5 Å². The molecule has 0 bridgehead atoms. The minimum atomic E-state index is -4.75. The second kappa shape index (κ2) is 7.64. The van der Waals surface area contributed by atoms with E-state index in [0.717, 1.165) is 16.8 Å². The molecule has 2 amide bonds. The van der Waals surface area contributed by atoms with Crippen molar-refractivity contribution in [3.05, 3.63) is 77.2 Å². The Hall–Kier alpha value is -3.66. The molecule has 0 spiro atoms. The quantitative estimate of drug-likeness (QED) is 0.452. The fourth-order valence-electron chi connectivity index (χ4n) is 2.76. The molecule has 0 unspecified atom stereocenters. The van der Waals surface area contributed by atoms with Gasteiger partial charge in [-0.1, -0.05) is 0 Å². The maximum atomic E-state index is 13.6. The Balaban J connectivity index is 1.60. The van der Waals surface area contributed by atoms with Crippen LogP contribution >= 0.6 is 11.3 Å². The molecule has 4 aromatic rings. The highest BCUT2D eigenvalue weighted by molar-refractivity contribution is 7.16. The number of hydrogen-bond acceptors (Lipinski definition) is 5. The van der Waals surface area contributed by atoms with Crippen LogP contribution in [0.25, 0.3) is 10.2 Å². The minimum Gasteiger partial charge on any atom is -0.459 e. The Labute approximate surface area is 171 Å². The molecule has 0 aliphatic carbocycles. The Morgan fingerprint density at radius 1 is 1.00 bits per heavy atom. The molecule has 0 atom stereocenters. The van der Waals surface area contributed by atoms with Gasteiger partial charge in [-0.2, -0.15) is 13.2 Å². The van der Waals surface area contributed by atoms with E-state index in [4.69, 9.17) is 4.42 Å². The van der Waals surface area contributed by atoms with E-state index >= 15 is 0 Å². The number of rotatable bonds is 4. The van der Waals surface area contributed by atoms with E-state index in [0.29, 0.717) is 5.52 Å². The average Bonchev–Trinajstić information content (AvgIpc) is 3.39. The van der Waals surface area contributed by atoms with Gasteiger partial charge in [0.15, 0.2) is 5.76 Å². The number of amides is 2. The molecule has 0 saturated heterocycles. The second-order valence-electron chi connectivity index (χ2n) is 6.18. The Kier molecular flexibility index (Phi) is 5.00. The third-order valence-electron chi connectivity index (χ3n) is 4.17. The van der Waals surface area contributed by atoms with E-state index < -0.39 is 29.2 Å². The number of carbonyl (C=O) groups excluding carboxylic acids is 2. The van der Waals surface area contributed by atoms with Gasteiger partial charge in [-0.15, -0.1) is 11.3 Å². The van der Waals surface area contributed by atoms with Gasteiger partial charge in [0, 0.05) is 11.3 Å². The van der Waals surface area contributed by atoms with Crippen LogP contribution in [0, 0.1) is 0 Å². The molecule has 2 aromatic heterocycles. The van der Waals surface area contributed by atoms with E-state index in [2.05, 4.69) is 15.6 Å². The molecule has 152 valence electrons. The van der Waals surface area contributed by atoms with Crippen LogP contribution in [0.5, 0.6) is 0 Å². The number of halogens is 3. The summed E-state index contributed by atoms with van der Waals surface area (Å²) in [5, 5.41) is 4.63. The molecular weight excluding hydrogens is 419 g/mol. The molecule has 30 heavy (non-hydrogen) atoms. The maximum absolute atomic E-state index is 13.6. The smallest absolute Gasteiger partial charge is 0.418 e. The molecule has 0 saturated carbocycles. The van der Waals surface area contributed by atoms with Crippen LogP contribution in [-0.4, -0.2) is 16.8 Å². The molecule has 4 rings (SSSR count). The summed E-state index contributed by atoms with van der Waals surface area (Å²) >= 11 is 1.32. The predicted molar refractivity (Wildman–Crippen MR) is 106 cm³/mol. The van der Waals surface area contributed by atoms with Crippen LogP contribution in [-0.2, 0) is 6.18 Å². The van der Waals surface area contributed by atoms with Gasteiger partial charge < -0.3 is 15.1 Å². The summed E-state index contributed by atoms with van der Waals surface area (Å²) in [5.41, 5.74) is 0.913. The van der Waals surface area contributed by atoms with Gasteiger partial charge in [0.25, 0.3) is 11.8 Å². The second-order valence-corrected chi connectivity index (χ2v) is 7.06. The monoisotopic (exact) mass is 431 g/mol.